The summed E-state index contributed by atoms with van der Waals surface area (Å²) in [5.74, 6) is -0.992. The molecule has 0 amide bonds. The summed E-state index contributed by atoms with van der Waals surface area (Å²) in [5, 5.41) is 16.0. The first-order valence-electron chi connectivity index (χ1n) is 18.8. The largest absolute Gasteiger partial charge is 0.492 e. The Morgan fingerprint density at radius 3 is 1.71 bits per heavy atom. The standard InChI is InChI=1S/C44H46N2O3.C2H2O4/c1-34-42-30-41(49-33-37-14-8-5-9-15-37)24-25-43(42)46(44(34)38-18-22-40(23-19-38)48-32-36-12-6-4-7-13-36)31-35-16-20-39(21-17-35)47-29-28-45-26-10-2-3-11-27-45;3-1(4)2(5)6/h4-9,12-25,30H,2-3,10-11,26-29,31-33H2,1H3;(H,3,4)(H,5,6). The summed E-state index contributed by atoms with van der Waals surface area (Å²) in [6.07, 6.45) is 5.32. The molecule has 0 spiro atoms. The van der Waals surface area contributed by atoms with Gasteiger partial charge in [0.05, 0.1) is 5.69 Å². The fourth-order valence-corrected chi connectivity index (χ4v) is 6.84. The van der Waals surface area contributed by atoms with E-state index in [4.69, 9.17) is 34.0 Å². The zero-order chi connectivity index (χ0) is 38.4. The van der Waals surface area contributed by atoms with Gasteiger partial charge in [0.1, 0.15) is 37.1 Å². The van der Waals surface area contributed by atoms with Gasteiger partial charge in [-0.05, 0) is 115 Å². The Morgan fingerprint density at radius 2 is 1.13 bits per heavy atom. The van der Waals surface area contributed by atoms with Crippen molar-refractivity contribution in [2.24, 2.45) is 0 Å². The second kappa shape index (κ2) is 19.3. The van der Waals surface area contributed by atoms with Crippen LogP contribution in [0.3, 0.4) is 0 Å². The Balaban J connectivity index is 0.000000794. The van der Waals surface area contributed by atoms with Crippen molar-refractivity contribution in [2.45, 2.75) is 52.4 Å². The van der Waals surface area contributed by atoms with Crippen molar-refractivity contribution in [1.29, 1.82) is 0 Å². The molecule has 6 aromatic rings. The summed E-state index contributed by atoms with van der Waals surface area (Å²) in [6, 6.07) is 44.2. The monoisotopic (exact) mass is 740 g/mol. The topological polar surface area (TPSA) is 110 Å². The fourth-order valence-electron chi connectivity index (χ4n) is 6.84. The maximum atomic E-state index is 9.10. The number of likely N-dealkylation sites (tertiary alicyclic amines) is 1. The van der Waals surface area contributed by atoms with E-state index in [1.54, 1.807) is 0 Å². The fraction of sp³-hybridized carbons (Fsp3) is 0.261. The van der Waals surface area contributed by atoms with Crippen LogP contribution in [-0.4, -0.2) is 57.9 Å². The molecule has 7 rings (SSSR count). The number of rotatable bonds is 13. The maximum absolute atomic E-state index is 9.10. The number of hydrogen-bond donors (Lipinski definition) is 2. The van der Waals surface area contributed by atoms with Gasteiger partial charge in [-0.15, -0.1) is 0 Å². The van der Waals surface area contributed by atoms with Crippen LogP contribution in [0.15, 0.2) is 127 Å². The lowest BCUT2D eigenvalue weighted by Gasteiger charge is -2.19. The number of aromatic nitrogens is 1. The van der Waals surface area contributed by atoms with Gasteiger partial charge >= 0.3 is 11.9 Å². The zero-order valence-corrected chi connectivity index (χ0v) is 31.2. The van der Waals surface area contributed by atoms with Crippen molar-refractivity contribution in [3.05, 3.63) is 150 Å². The number of carboxylic acids is 2. The van der Waals surface area contributed by atoms with E-state index in [1.165, 1.54) is 66.5 Å². The average Bonchev–Trinajstić information content (AvgIpc) is 3.33. The molecule has 0 atom stereocenters. The van der Waals surface area contributed by atoms with Crippen molar-refractivity contribution < 1.29 is 34.0 Å². The third-order valence-corrected chi connectivity index (χ3v) is 9.73. The Labute approximate surface area is 322 Å². The van der Waals surface area contributed by atoms with Crippen LogP contribution >= 0.6 is 0 Å². The number of fused-ring (bicyclic) bond motifs is 1. The Hall–Kier alpha value is -6.06. The van der Waals surface area contributed by atoms with Crippen LogP contribution in [0.25, 0.3) is 22.2 Å². The number of hydrogen-bond acceptors (Lipinski definition) is 6. The molecule has 9 heteroatoms. The number of aliphatic carboxylic acids is 2. The molecule has 2 heterocycles. The van der Waals surface area contributed by atoms with Crippen molar-refractivity contribution in [3.8, 4) is 28.5 Å². The van der Waals surface area contributed by atoms with E-state index in [1.807, 2.05) is 36.4 Å². The molecule has 0 radical (unpaired) electrons. The summed E-state index contributed by atoms with van der Waals surface area (Å²) >= 11 is 0. The second-order valence-electron chi connectivity index (χ2n) is 13.7. The van der Waals surface area contributed by atoms with Crippen LogP contribution in [0.4, 0.5) is 0 Å². The lowest BCUT2D eigenvalue weighted by atomic mass is 10.1. The number of ether oxygens (including phenoxy) is 3. The smallest absolute Gasteiger partial charge is 0.414 e. The quantitative estimate of drug-likeness (QED) is 0.113. The first-order chi connectivity index (χ1) is 26.8. The zero-order valence-electron chi connectivity index (χ0n) is 31.2. The summed E-state index contributed by atoms with van der Waals surface area (Å²) in [5.41, 5.74) is 8.30. The molecule has 0 bridgehead atoms. The lowest BCUT2D eigenvalue weighted by Crippen LogP contribution is -2.29. The predicted molar refractivity (Wildman–Crippen MR) is 215 cm³/mol. The Kier molecular flexibility index (Phi) is 13.6. The molecule has 2 N–H and O–H groups in total. The number of benzene rings is 5. The van der Waals surface area contributed by atoms with E-state index >= 15 is 0 Å². The van der Waals surface area contributed by atoms with Gasteiger partial charge in [0, 0.05) is 24.0 Å². The predicted octanol–water partition coefficient (Wildman–Crippen LogP) is 9.23. The van der Waals surface area contributed by atoms with Crippen LogP contribution in [0.1, 0.15) is 47.9 Å². The van der Waals surface area contributed by atoms with Crippen LogP contribution in [0.2, 0.25) is 0 Å². The number of aryl methyl sites for hydroxylation is 1. The first-order valence-corrected chi connectivity index (χ1v) is 18.8. The van der Waals surface area contributed by atoms with Crippen LogP contribution in [-0.2, 0) is 29.3 Å². The van der Waals surface area contributed by atoms with E-state index in [9.17, 15) is 0 Å². The normalized spacial score (nSPS) is 13.0. The van der Waals surface area contributed by atoms with Gasteiger partial charge in [-0.25, -0.2) is 9.59 Å². The van der Waals surface area contributed by atoms with E-state index in [-0.39, 0.29) is 0 Å². The molecule has 284 valence electrons. The Bertz CT molecular complexity index is 2110. The van der Waals surface area contributed by atoms with Gasteiger partial charge < -0.3 is 29.0 Å². The van der Waals surface area contributed by atoms with Crippen LogP contribution < -0.4 is 14.2 Å². The SMILES string of the molecule is Cc1c(-c2ccc(OCc3ccccc3)cc2)n(Cc2ccc(OCCN3CCCCCC3)cc2)c2ccc(OCc3ccccc3)cc12.O=C(O)C(=O)O. The van der Waals surface area contributed by atoms with Crippen LogP contribution in [0.5, 0.6) is 17.2 Å². The lowest BCUT2D eigenvalue weighted by molar-refractivity contribution is -0.159. The van der Waals surface area contributed by atoms with Gasteiger partial charge in [-0.3, -0.25) is 4.90 Å². The molecule has 1 aliphatic rings. The molecule has 0 saturated carbocycles. The molecule has 0 unspecified atom stereocenters. The molecule has 5 aromatic carbocycles. The summed E-state index contributed by atoms with van der Waals surface area (Å²) in [6.45, 7) is 8.15. The number of carbonyl (C=O) groups is 2. The van der Waals surface area contributed by atoms with Crippen molar-refractivity contribution in [1.82, 2.24) is 9.47 Å². The molecule has 1 aliphatic heterocycles. The van der Waals surface area contributed by atoms with Gasteiger partial charge in [0.25, 0.3) is 0 Å². The average molecular weight is 741 g/mol. The van der Waals surface area contributed by atoms with Crippen molar-refractivity contribution in [3.63, 3.8) is 0 Å². The summed E-state index contributed by atoms with van der Waals surface area (Å²) in [7, 11) is 0. The van der Waals surface area contributed by atoms with Gasteiger partial charge in [-0.1, -0.05) is 85.6 Å². The molecule has 9 nitrogen and oxygen atoms in total. The van der Waals surface area contributed by atoms with Crippen molar-refractivity contribution in [2.75, 3.05) is 26.2 Å². The third kappa shape index (κ3) is 11.0. The Morgan fingerprint density at radius 1 is 0.600 bits per heavy atom. The van der Waals surface area contributed by atoms with Gasteiger partial charge in [0.2, 0.25) is 0 Å². The van der Waals surface area contributed by atoms with E-state index in [0.717, 1.165) is 53.6 Å². The molecule has 0 aliphatic carbocycles. The van der Waals surface area contributed by atoms with Crippen molar-refractivity contribution >= 4 is 22.8 Å². The highest BCUT2D eigenvalue weighted by Crippen LogP contribution is 2.37. The van der Waals surface area contributed by atoms with E-state index < -0.39 is 11.9 Å². The van der Waals surface area contributed by atoms with E-state index in [2.05, 4.69) is 107 Å². The molecule has 1 aromatic heterocycles. The molecule has 1 saturated heterocycles. The highest BCUT2D eigenvalue weighted by atomic mass is 16.5. The number of carboxylic acid groups (broad SMARTS) is 2. The second-order valence-corrected chi connectivity index (χ2v) is 13.7. The molecular formula is C46H48N2O7. The first kappa shape index (κ1) is 38.7. The third-order valence-electron chi connectivity index (χ3n) is 9.73. The minimum Gasteiger partial charge on any atom is -0.492 e. The summed E-state index contributed by atoms with van der Waals surface area (Å²) < 4.78 is 21.0. The molecule has 55 heavy (non-hydrogen) atoms. The van der Waals surface area contributed by atoms with E-state index in [0.29, 0.717) is 13.2 Å². The van der Waals surface area contributed by atoms with Crippen LogP contribution in [0, 0.1) is 6.92 Å². The molecular weight excluding hydrogens is 693 g/mol. The number of nitrogens with zero attached hydrogens (tertiary/aromatic N) is 2. The van der Waals surface area contributed by atoms with Gasteiger partial charge in [0.15, 0.2) is 0 Å². The highest BCUT2D eigenvalue weighted by molar-refractivity contribution is 6.27. The minimum absolute atomic E-state index is 0.538. The maximum Gasteiger partial charge on any atom is 0.414 e. The van der Waals surface area contributed by atoms with Gasteiger partial charge in [-0.2, -0.15) is 0 Å². The summed E-state index contributed by atoms with van der Waals surface area (Å²) in [4.78, 5) is 20.7. The highest BCUT2D eigenvalue weighted by Gasteiger charge is 2.18. The molecule has 1 fully saturated rings. The minimum atomic E-state index is -1.82.